The van der Waals surface area contributed by atoms with E-state index >= 15 is 0 Å². The molecule has 0 fully saturated rings. The highest BCUT2D eigenvalue weighted by Gasteiger charge is 2.47. The molecule has 3 aliphatic rings. The summed E-state index contributed by atoms with van der Waals surface area (Å²) in [5.41, 5.74) is 22.0. The lowest BCUT2D eigenvalue weighted by Crippen LogP contribution is -2.57. The molecule has 0 saturated carbocycles. The van der Waals surface area contributed by atoms with Crippen molar-refractivity contribution in [1.82, 2.24) is 4.48 Å². The highest BCUT2D eigenvalue weighted by atomic mass is 32.1. The van der Waals surface area contributed by atoms with Gasteiger partial charge in [0.05, 0.1) is 21.6 Å². The van der Waals surface area contributed by atoms with Crippen LogP contribution in [-0.2, 0) is 10.8 Å². The monoisotopic (exact) mass is 812 g/mol. The SMILES string of the molecule is CC(C)(C)c1ccc(N2c3cc4c(cc3B3c5c(cc6c(oc7ccccc76)c52)-c2cccc5c6sc7ccccc7c6n3c25)-c2ccccc2C4(C)C)c(-c2ccccc2)c1. The molecule has 5 heterocycles. The van der Waals surface area contributed by atoms with Crippen LogP contribution >= 0.6 is 11.3 Å². The standard InChI is InChI=1S/C57H41BN2OS/c1-56(2,3)33-26-27-46(39(28-33)32-16-7-6-8-17-32)59-47-31-44-40(34-18-9-12-23-43(34)57(44,4)5)30-45(47)58-50-41(29-42-35-19-10-13-24-48(35)61-54(42)53(50)59)36-21-15-22-38-51(36)60(58)52-37-20-11-14-25-49(37)62-55(38)52/h6-31H,1-5H3. The van der Waals surface area contributed by atoms with Crippen molar-refractivity contribution in [1.29, 1.82) is 0 Å². The van der Waals surface area contributed by atoms with E-state index in [2.05, 4.69) is 202 Å². The van der Waals surface area contributed by atoms with Crippen LogP contribution in [0.4, 0.5) is 17.1 Å². The molecule has 294 valence electrons. The minimum Gasteiger partial charge on any atom is -0.454 e. The van der Waals surface area contributed by atoms with Gasteiger partial charge in [-0.3, -0.25) is 0 Å². The summed E-state index contributed by atoms with van der Waals surface area (Å²) in [7, 11) is 0. The summed E-state index contributed by atoms with van der Waals surface area (Å²) in [6, 6.07) is 59.5. The molecule has 8 aromatic carbocycles. The Kier molecular flexibility index (Phi) is 6.61. The quantitative estimate of drug-likeness (QED) is 0.162. The van der Waals surface area contributed by atoms with Crippen molar-refractivity contribution in [3.05, 3.63) is 174 Å². The number of furan rings is 1. The van der Waals surface area contributed by atoms with Gasteiger partial charge in [-0.2, -0.15) is 0 Å². The fourth-order valence-corrected chi connectivity index (χ4v) is 12.8. The van der Waals surface area contributed by atoms with Crippen LogP contribution in [0.2, 0.25) is 0 Å². The van der Waals surface area contributed by atoms with Gasteiger partial charge in [-0.05, 0) is 91.7 Å². The molecule has 62 heavy (non-hydrogen) atoms. The van der Waals surface area contributed by atoms with Crippen molar-refractivity contribution < 1.29 is 4.42 Å². The van der Waals surface area contributed by atoms with Crippen LogP contribution in [0, 0.1) is 0 Å². The van der Waals surface area contributed by atoms with Crippen LogP contribution in [0.5, 0.6) is 0 Å². The number of anilines is 3. The van der Waals surface area contributed by atoms with Gasteiger partial charge in [0, 0.05) is 54.0 Å². The Morgan fingerprint density at radius 2 is 1.31 bits per heavy atom. The second kappa shape index (κ2) is 11.8. The summed E-state index contributed by atoms with van der Waals surface area (Å²) < 4.78 is 12.6. The number of hydrogen-bond acceptors (Lipinski definition) is 3. The van der Waals surface area contributed by atoms with Crippen molar-refractivity contribution in [3.8, 4) is 33.4 Å². The molecule has 5 heteroatoms. The van der Waals surface area contributed by atoms with E-state index in [9.17, 15) is 0 Å². The van der Waals surface area contributed by atoms with Crippen LogP contribution in [0.15, 0.2) is 162 Å². The molecule has 0 spiro atoms. The Labute approximate surface area is 364 Å². The summed E-state index contributed by atoms with van der Waals surface area (Å²) in [6.45, 7) is 11.6. The van der Waals surface area contributed by atoms with E-state index in [-0.39, 0.29) is 17.7 Å². The zero-order valence-electron chi connectivity index (χ0n) is 35.3. The van der Waals surface area contributed by atoms with E-state index in [1.807, 2.05) is 11.3 Å². The van der Waals surface area contributed by atoms with Gasteiger partial charge < -0.3 is 13.8 Å². The lowest BCUT2D eigenvalue weighted by atomic mass is 9.44. The van der Waals surface area contributed by atoms with Crippen molar-refractivity contribution in [2.75, 3.05) is 4.90 Å². The largest absolute Gasteiger partial charge is 0.454 e. The average molecular weight is 813 g/mol. The third-order valence-corrected chi connectivity index (χ3v) is 15.7. The summed E-state index contributed by atoms with van der Waals surface area (Å²) in [6.07, 6.45) is 0. The molecule has 0 saturated heterocycles. The molecule has 0 N–H and O–H groups in total. The summed E-state index contributed by atoms with van der Waals surface area (Å²) in [5.74, 6) is 0. The Balaban J connectivity index is 1.21. The molecule has 3 nitrogen and oxygen atoms in total. The van der Waals surface area contributed by atoms with Crippen LogP contribution < -0.4 is 15.8 Å². The summed E-state index contributed by atoms with van der Waals surface area (Å²) in [4.78, 5) is 2.61. The van der Waals surface area contributed by atoms with Gasteiger partial charge in [0.15, 0.2) is 5.58 Å². The molecule has 0 bridgehead atoms. The molecule has 1 aliphatic carbocycles. The maximum Gasteiger partial charge on any atom is 0.333 e. The minimum absolute atomic E-state index is 0.0420. The van der Waals surface area contributed by atoms with E-state index in [4.69, 9.17) is 4.42 Å². The molecule has 0 radical (unpaired) electrons. The number of rotatable bonds is 2. The number of nitrogens with zero attached hydrogens (tertiary/aromatic N) is 2. The second-order valence-electron chi connectivity index (χ2n) is 19.2. The Hall–Kier alpha value is -6.82. The van der Waals surface area contributed by atoms with E-state index < -0.39 is 0 Å². The highest BCUT2D eigenvalue weighted by Crippen LogP contribution is 2.56. The molecule has 14 rings (SSSR count). The predicted octanol–water partition coefficient (Wildman–Crippen LogP) is 14.6. The number of benzene rings is 8. The first-order valence-corrected chi connectivity index (χ1v) is 22.7. The first-order valence-electron chi connectivity index (χ1n) is 21.9. The Morgan fingerprint density at radius 1 is 0.565 bits per heavy atom. The first-order chi connectivity index (χ1) is 30.2. The van der Waals surface area contributed by atoms with E-state index in [0.717, 1.165) is 33.3 Å². The summed E-state index contributed by atoms with van der Waals surface area (Å²) in [5, 5.41) is 4.92. The molecule has 2 aliphatic heterocycles. The van der Waals surface area contributed by atoms with E-state index in [1.54, 1.807) is 0 Å². The molecule has 0 amide bonds. The number of fused-ring (bicyclic) bond motifs is 16. The zero-order chi connectivity index (χ0) is 41.4. The van der Waals surface area contributed by atoms with Gasteiger partial charge in [0.25, 0.3) is 0 Å². The minimum atomic E-state index is -0.196. The number of hydrogen-bond donors (Lipinski definition) is 0. The molecule has 11 aromatic rings. The van der Waals surface area contributed by atoms with Crippen molar-refractivity contribution >= 4 is 99.3 Å². The van der Waals surface area contributed by atoms with Gasteiger partial charge in [-0.1, -0.05) is 156 Å². The van der Waals surface area contributed by atoms with Crippen LogP contribution in [0.3, 0.4) is 0 Å². The lowest BCUT2D eigenvalue weighted by Gasteiger charge is -2.42. The maximum atomic E-state index is 7.23. The van der Waals surface area contributed by atoms with Crippen molar-refractivity contribution in [2.24, 2.45) is 0 Å². The van der Waals surface area contributed by atoms with Gasteiger partial charge in [-0.25, -0.2) is 0 Å². The lowest BCUT2D eigenvalue weighted by molar-refractivity contribution is 0.590. The van der Waals surface area contributed by atoms with Gasteiger partial charge >= 0.3 is 6.85 Å². The predicted molar refractivity (Wildman–Crippen MR) is 264 cm³/mol. The number of aromatic nitrogens is 1. The fraction of sp³-hybridized carbons (Fsp3) is 0.123. The van der Waals surface area contributed by atoms with E-state index in [1.165, 1.54) is 97.9 Å². The Bertz CT molecular complexity index is 3780. The van der Waals surface area contributed by atoms with Crippen molar-refractivity contribution in [2.45, 2.75) is 45.4 Å². The topological polar surface area (TPSA) is 21.3 Å². The van der Waals surface area contributed by atoms with E-state index in [0.29, 0.717) is 0 Å². The molecule has 3 aromatic heterocycles. The highest BCUT2D eigenvalue weighted by molar-refractivity contribution is 7.27. The number of thiophene rings is 1. The second-order valence-corrected chi connectivity index (χ2v) is 20.3. The van der Waals surface area contributed by atoms with Gasteiger partial charge in [-0.15, -0.1) is 11.3 Å². The third-order valence-electron chi connectivity index (χ3n) is 14.5. The van der Waals surface area contributed by atoms with Crippen LogP contribution in [0.1, 0.15) is 51.3 Å². The molecular weight excluding hydrogens is 772 g/mol. The van der Waals surface area contributed by atoms with Crippen LogP contribution in [-0.4, -0.2) is 11.3 Å². The number of para-hydroxylation sites is 2. The van der Waals surface area contributed by atoms with Gasteiger partial charge in [0.2, 0.25) is 0 Å². The zero-order valence-corrected chi connectivity index (χ0v) is 36.1. The molecule has 0 unspecified atom stereocenters. The Morgan fingerprint density at radius 3 is 2.16 bits per heavy atom. The summed E-state index contributed by atoms with van der Waals surface area (Å²) >= 11 is 1.93. The first kappa shape index (κ1) is 34.8. The smallest absolute Gasteiger partial charge is 0.333 e. The average Bonchev–Trinajstić information content (AvgIpc) is 4.01. The van der Waals surface area contributed by atoms with Crippen LogP contribution in [0.25, 0.3) is 86.5 Å². The van der Waals surface area contributed by atoms with Gasteiger partial charge in [0.1, 0.15) is 5.58 Å². The molecule has 0 atom stereocenters. The van der Waals surface area contributed by atoms with Crippen molar-refractivity contribution in [3.63, 3.8) is 0 Å². The molecular formula is C57H41BN2OS. The fourth-order valence-electron chi connectivity index (χ4n) is 11.6. The third kappa shape index (κ3) is 4.32. The maximum absolute atomic E-state index is 7.23. The normalized spacial score (nSPS) is 14.6.